The van der Waals surface area contributed by atoms with Crippen molar-refractivity contribution in [2.24, 2.45) is 5.41 Å². The number of carbonyl (C=O) groups excluding carboxylic acids is 2. The first-order valence-corrected chi connectivity index (χ1v) is 7.12. The summed E-state index contributed by atoms with van der Waals surface area (Å²) in [5, 5.41) is 11.2. The first-order chi connectivity index (χ1) is 9.63. The van der Waals surface area contributed by atoms with E-state index in [-0.39, 0.29) is 6.42 Å². The summed E-state index contributed by atoms with van der Waals surface area (Å²) in [4.78, 5) is 38.4. The molecular weight excluding hydrogens is 274 g/mol. The minimum Gasteiger partial charge on any atom is -0.481 e. The van der Waals surface area contributed by atoms with Crippen LogP contribution in [0.5, 0.6) is 0 Å². The third kappa shape index (κ3) is 5.00. The summed E-state index contributed by atoms with van der Waals surface area (Å²) in [5.41, 5.74) is -1.18. The summed E-state index contributed by atoms with van der Waals surface area (Å²) >= 11 is 0. The number of piperidine rings is 1. The number of imide groups is 1. The lowest BCUT2D eigenvalue weighted by Crippen LogP contribution is -2.50. The fourth-order valence-electron chi connectivity index (χ4n) is 2.30. The van der Waals surface area contributed by atoms with Gasteiger partial charge < -0.3 is 14.9 Å². The Hall–Kier alpha value is -1.63. The van der Waals surface area contributed by atoms with E-state index in [0.29, 0.717) is 19.1 Å². The Morgan fingerprint density at radius 2 is 1.76 bits per heavy atom. The second kappa shape index (κ2) is 6.89. The molecule has 7 heteroatoms. The van der Waals surface area contributed by atoms with E-state index >= 15 is 0 Å². The Morgan fingerprint density at radius 3 is 2.19 bits per heavy atom. The Kier molecular flexibility index (Phi) is 5.71. The van der Waals surface area contributed by atoms with Gasteiger partial charge in [0.1, 0.15) is 0 Å². The van der Waals surface area contributed by atoms with Crippen molar-refractivity contribution in [3.05, 3.63) is 0 Å². The van der Waals surface area contributed by atoms with Crippen LogP contribution in [0.4, 0.5) is 4.79 Å². The van der Waals surface area contributed by atoms with Crippen LogP contribution in [-0.2, 0) is 9.59 Å². The van der Waals surface area contributed by atoms with Crippen molar-refractivity contribution in [3.63, 3.8) is 0 Å². The van der Waals surface area contributed by atoms with Gasteiger partial charge in [-0.05, 0) is 40.8 Å². The van der Waals surface area contributed by atoms with E-state index in [9.17, 15) is 14.4 Å². The van der Waals surface area contributed by atoms with Crippen LogP contribution in [0, 0.1) is 5.41 Å². The molecule has 0 saturated carbocycles. The summed E-state index contributed by atoms with van der Waals surface area (Å²) in [7, 11) is 4.02. The number of aliphatic carboxylic acids is 1. The van der Waals surface area contributed by atoms with Crippen LogP contribution >= 0.6 is 0 Å². The molecule has 1 fully saturated rings. The number of rotatable bonds is 4. The summed E-state index contributed by atoms with van der Waals surface area (Å²) in [6.45, 7) is 4.12. The van der Waals surface area contributed by atoms with Crippen molar-refractivity contribution in [2.75, 3.05) is 27.2 Å². The molecule has 2 N–H and O–H groups in total. The molecule has 0 radical (unpaired) electrons. The maximum absolute atomic E-state index is 12.0. The molecule has 0 atom stereocenters. The second-order valence-electron chi connectivity index (χ2n) is 6.40. The third-order valence-corrected chi connectivity index (χ3v) is 3.91. The monoisotopic (exact) mass is 299 g/mol. The van der Waals surface area contributed by atoms with Gasteiger partial charge in [-0.25, -0.2) is 4.79 Å². The van der Waals surface area contributed by atoms with E-state index in [2.05, 4.69) is 10.2 Å². The van der Waals surface area contributed by atoms with Crippen molar-refractivity contribution in [2.45, 2.75) is 39.2 Å². The number of urea groups is 1. The lowest BCUT2D eigenvalue weighted by atomic mass is 9.89. The standard InChI is InChI=1S/C14H25N3O4/c1-14(2,12(19)20)9-11(18)15-13(21)17-7-5-10(6-8-17)16(3)4/h10H,5-9H2,1-4H3,(H,19,20)(H,15,18,21). The number of likely N-dealkylation sites (tertiary alicyclic amines) is 1. The van der Waals surface area contributed by atoms with Gasteiger partial charge in [-0.1, -0.05) is 0 Å². The smallest absolute Gasteiger partial charge is 0.324 e. The summed E-state index contributed by atoms with van der Waals surface area (Å²) in [6.07, 6.45) is 1.52. The largest absolute Gasteiger partial charge is 0.481 e. The molecule has 1 rings (SSSR count). The average molecular weight is 299 g/mol. The SMILES string of the molecule is CN(C)C1CCN(C(=O)NC(=O)CC(C)(C)C(=O)O)CC1. The lowest BCUT2D eigenvalue weighted by molar-refractivity contribution is -0.149. The van der Waals surface area contributed by atoms with Crippen LogP contribution in [0.25, 0.3) is 0 Å². The van der Waals surface area contributed by atoms with Gasteiger partial charge in [-0.3, -0.25) is 14.9 Å². The highest BCUT2D eigenvalue weighted by Crippen LogP contribution is 2.20. The normalized spacial score (nSPS) is 16.9. The third-order valence-electron chi connectivity index (χ3n) is 3.91. The summed E-state index contributed by atoms with van der Waals surface area (Å²) in [6, 6.07) is 0.0223. The van der Waals surface area contributed by atoms with E-state index in [4.69, 9.17) is 5.11 Å². The maximum atomic E-state index is 12.0. The minimum atomic E-state index is -1.18. The molecule has 1 aliphatic rings. The number of nitrogens with zero attached hydrogens (tertiary/aromatic N) is 2. The summed E-state index contributed by atoms with van der Waals surface area (Å²) < 4.78 is 0. The van der Waals surface area contributed by atoms with Gasteiger partial charge in [0.2, 0.25) is 5.91 Å². The van der Waals surface area contributed by atoms with Gasteiger partial charge in [-0.2, -0.15) is 0 Å². The highest BCUT2D eigenvalue weighted by Gasteiger charge is 2.32. The van der Waals surface area contributed by atoms with Gasteiger partial charge in [0.05, 0.1) is 5.41 Å². The quantitative estimate of drug-likeness (QED) is 0.799. The van der Waals surface area contributed by atoms with Crippen LogP contribution < -0.4 is 5.32 Å². The molecule has 3 amide bonds. The predicted molar refractivity (Wildman–Crippen MR) is 77.9 cm³/mol. The average Bonchev–Trinajstić information content (AvgIpc) is 2.37. The number of carbonyl (C=O) groups is 3. The van der Waals surface area contributed by atoms with Crippen molar-refractivity contribution in [3.8, 4) is 0 Å². The number of nitrogens with one attached hydrogen (secondary N) is 1. The molecule has 0 bridgehead atoms. The zero-order chi connectivity index (χ0) is 16.2. The molecule has 0 unspecified atom stereocenters. The van der Waals surface area contributed by atoms with Crippen molar-refractivity contribution >= 4 is 17.9 Å². The highest BCUT2D eigenvalue weighted by atomic mass is 16.4. The predicted octanol–water partition coefficient (Wildman–Crippen LogP) is 0.749. The van der Waals surface area contributed by atoms with Crippen LogP contribution in [0.15, 0.2) is 0 Å². The molecule has 120 valence electrons. The number of hydrogen-bond donors (Lipinski definition) is 2. The molecule has 0 aromatic heterocycles. The molecule has 0 aromatic carbocycles. The van der Waals surface area contributed by atoms with Gasteiger partial charge in [0.15, 0.2) is 0 Å². The van der Waals surface area contributed by atoms with Gasteiger partial charge in [0.25, 0.3) is 0 Å². The Labute approximate surface area is 125 Å². The fraction of sp³-hybridized carbons (Fsp3) is 0.786. The number of carboxylic acids is 1. The zero-order valence-electron chi connectivity index (χ0n) is 13.2. The molecular formula is C14H25N3O4. The number of hydrogen-bond acceptors (Lipinski definition) is 4. The second-order valence-corrected chi connectivity index (χ2v) is 6.40. The van der Waals surface area contributed by atoms with Crippen molar-refractivity contribution in [1.82, 2.24) is 15.1 Å². The van der Waals surface area contributed by atoms with E-state index in [1.165, 1.54) is 13.8 Å². The van der Waals surface area contributed by atoms with Gasteiger partial charge in [0, 0.05) is 25.6 Å². The van der Waals surface area contributed by atoms with E-state index in [0.717, 1.165) is 12.8 Å². The lowest BCUT2D eigenvalue weighted by Gasteiger charge is -2.35. The van der Waals surface area contributed by atoms with Crippen molar-refractivity contribution in [1.29, 1.82) is 0 Å². The molecule has 7 nitrogen and oxygen atoms in total. The Bertz CT molecular complexity index is 412. The first-order valence-electron chi connectivity index (χ1n) is 7.12. The number of carboxylic acid groups (broad SMARTS) is 1. The molecule has 1 heterocycles. The molecule has 1 aliphatic heterocycles. The first kappa shape index (κ1) is 17.4. The Balaban J connectivity index is 2.44. The number of amides is 3. The summed E-state index contributed by atoms with van der Waals surface area (Å²) in [5.74, 6) is -1.61. The van der Waals surface area contributed by atoms with Crippen LogP contribution in [-0.4, -0.2) is 66.0 Å². The van der Waals surface area contributed by atoms with E-state index in [1.54, 1.807) is 4.90 Å². The Morgan fingerprint density at radius 1 is 1.24 bits per heavy atom. The van der Waals surface area contributed by atoms with E-state index < -0.39 is 23.3 Å². The zero-order valence-corrected chi connectivity index (χ0v) is 13.2. The molecule has 0 spiro atoms. The fourth-order valence-corrected chi connectivity index (χ4v) is 2.30. The van der Waals surface area contributed by atoms with Crippen LogP contribution in [0.3, 0.4) is 0 Å². The minimum absolute atomic E-state index is 0.220. The topological polar surface area (TPSA) is 90.0 Å². The maximum Gasteiger partial charge on any atom is 0.324 e. The molecule has 0 aromatic rings. The van der Waals surface area contributed by atoms with Gasteiger partial charge >= 0.3 is 12.0 Å². The molecule has 1 saturated heterocycles. The van der Waals surface area contributed by atoms with Crippen LogP contribution in [0.2, 0.25) is 0 Å². The van der Waals surface area contributed by atoms with E-state index in [1.807, 2.05) is 14.1 Å². The van der Waals surface area contributed by atoms with Crippen molar-refractivity contribution < 1.29 is 19.5 Å². The molecule has 0 aliphatic carbocycles. The van der Waals surface area contributed by atoms with Crippen LogP contribution in [0.1, 0.15) is 33.1 Å². The molecule has 21 heavy (non-hydrogen) atoms. The highest BCUT2D eigenvalue weighted by molar-refractivity contribution is 5.96. The van der Waals surface area contributed by atoms with Gasteiger partial charge in [-0.15, -0.1) is 0 Å².